The van der Waals surface area contributed by atoms with E-state index in [0.717, 1.165) is 37.2 Å². The summed E-state index contributed by atoms with van der Waals surface area (Å²) in [5.74, 6) is 7.10. The topological polar surface area (TPSA) is 69.4 Å². The normalized spacial score (nSPS) is 23.7. The average Bonchev–Trinajstić information content (AvgIpc) is 2.41. The highest BCUT2D eigenvalue weighted by Gasteiger charge is 2.31. The zero-order valence-electron chi connectivity index (χ0n) is 11.6. The molecule has 2 rings (SSSR count). The van der Waals surface area contributed by atoms with Gasteiger partial charge in [-0.3, -0.25) is 16.3 Å². The molecule has 0 saturated heterocycles. The smallest absolute Gasteiger partial charge is 0.137 e. The van der Waals surface area contributed by atoms with Crippen LogP contribution < -0.4 is 16.0 Å². The van der Waals surface area contributed by atoms with E-state index in [1.165, 1.54) is 0 Å². The number of aromatic nitrogens is 1. The first-order valence-electron chi connectivity index (χ1n) is 6.83. The van der Waals surface area contributed by atoms with Crippen LogP contribution >= 0.6 is 0 Å². The van der Waals surface area contributed by atoms with Gasteiger partial charge in [0.05, 0.1) is 19.4 Å². The van der Waals surface area contributed by atoms with Crippen molar-refractivity contribution in [1.82, 2.24) is 10.4 Å². The van der Waals surface area contributed by atoms with Crippen LogP contribution in [0.1, 0.15) is 37.8 Å². The number of nitrogens with one attached hydrogen (secondary N) is 1. The molecule has 0 aromatic carbocycles. The molecule has 0 radical (unpaired) electrons. The highest BCUT2D eigenvalue weighted by Crippen LogP contribution is 2.36. The highest BCUT2D eigenvalue weighted by atomic mass is 16.5. The minimum atomic E-state index is 0.121. The van der Waals surface area contributed by atoms with Crippen LogP contribution in [0, 0.1) is 5.92 Å². The molecule has 5 heteroatoms. The van der Waals surface area contributed by atoms with Crippen LogP contribution in [0.25, 0.3) is 0 Å². The van der Waals surface area contributed by atoms with Gasteiger partial charge in [-0.25, -0.2) is 0 Å². The van der Waals surface area contributed by atoms with E-state index in [0.29, 0.717) is 12.0 Å². The van der Waals surface area contributed by atoms with Gasteiger partial charge in [0.15, 0.2) is 0 Å². The summed E-state index contributed by atoms with van der Waals surface area (Å²) in [6.45, 7) is 2.84. The number of ether oxygens (including phenoxy) is 2. The number of nitrogens with zero attached hydrogens (tertiary/aromatic N) is 1. The van der Waals surface area contributed by atoms with E-state index in [9.17, 15) is 0 Å². The third kappa shape index (κ3) is 3.65. The molecule has 1 aliphatic carbocycles. The zero-order valence-corrected chi connectivity index (χ0v) is 11.6. The van der Waals surface area contributed by atoms with Crippen molar-refractivity contribution in [3.63, 3.8) is 0 Å². The fourth-order valence-corrected chi connectivity index (χ4v) is 2.61. The van der Waals surface area contributed by atoms with E-state index < -0.39 is 0 Å². The second-order valence-corrected chi connectivity index (χ2v) is 5.03. The van der Waals surface area contributed by atoms with Gasteiger partial charge in [0.2, 0.25) is 0 Å². The summed E-state index contributed by atoms with van der Waals surface area (Å²) in [6.07, 6.45) is 7.25. The van der Waals surface area contributed by atoms with Crippen molar-refractivity contribution in [2.24, 2.45) is 11.8 Å². The third-order valence-corrected chi connectivity index (χ3v) is 3.74. The summed E-state index contributed by atoms with van der Waals surface area (Å²) in [4.78, 5) is 4.17. The second-order valence-electron chi connectivity index (χ2n) is 5.03. The monoisotopic (exact) mass is 265 g/mol. The van der Waals surface area contributed by atoms with Gasteiger partial charge in [0.1, 0.15) is 5.75 Å². The van der Waals surface area contributed by atoms with E-state index in [4.69, 9.17) is 15.3 Å². The Hall–Kier alpha value is -1.17. The number of rotatable bonds is 7. The largest absolute Gasteiger partial charge is 0.495 e. The van der Waals surface area contributed by atoms with Gasteiger partial charge in [-0.15, -0.1) is 0 Å². The third-order valence-electron chi connectivity index (χ3n) is 3.74. The Kier molecular flexibility index (Phi) is 5.13. The van der Waals surface area contributed by atoms with Gasteiger partial charge >= 0.3 is 0 Å². The molecule has 1 fully saturated rings. The number of hydrogen-bond acceptors (Lipinski definition) is 5. The molecule has 0 bridgehead atoms. The van der Waals surface area contributed by atoms with Crippen molar-refractivity contribution in [2.45, 2.75) is 38.3 Å². The molecule has 1 atom stereocenters. The molecule has 1 aliphatic rings. The van der Waals surface area contributed by atoms with Crippen LogP contribution in [0.15, 0.2) is 18.5 Å². The number of nitrogens with two attached hydrogens (primary N) is 1. The molecule has 19 heavy (non-hydrogen) atoms. The summed E-state index contributed by atoms with van der Waals surface area (Å²) in [5, 5.41) is 0. The van der Waals surface area contributed by atoms with Gasteiger partial charge in [0.25, 0.3) is 0 Å². The van der Waals surface area contributed by atoms with Crippen LogP contribution in [0.5, 0.6) is 5.75 Å². The quantitative estimate of drug-likeness (QED) is 0.581. The molecule has 0 amide bonds. The van der Waals surface area contributed by atoms with E-state index >= 15 is 0 Å². The Morgan fingerprint density at radius 3 is 2.89 bits per heavy atom. The zero-order chi connectivity index (χ0) is 13.7. The van der Waals surface area contributed by atoms with Crippen LogP contribution in [0.4, 0.5) is 0 Å². The van der Waals surface area contributed by atoms with Crippen molar-refractivity contribution in [3.8, 4) is 5.75 Å². The standard InChI is InChI=1S/C14H23N3O2/c1-3-19-12-4-10(5-12)6-14(17-15)11-7-13(18-2)9-16-8-11/h7-10,12,14,17H,3-6,15H2,1-2H3. The van der Waals surface area contributed by atoms with Gasteiger partial charge in [-0.2, -0.15) is 0 Å². The number of hydrogen-bond donors (Lipinski definition) is 2. The van der Waals surface area contributed by atoms with E-state index in [1.807, 2.05) is 19.2 Å². The minimum absolute atomic E-state index is 0.121. The summed E-state index contributed by atoms with van der Waals surface area (Å²) in [6, 6.07) is 2.10. The maximum absolute atomic E-state index is 5.67. The fraction of sp³-hybridized carbons (Fsp3) is 0.643. The Bertz CT molecular complexity index is 394. The summed E-state index contributed by atoms with van der Waals surface area (Å²) in [7, 11) is 1.64. The SMILES string of the molecule is CCOC1CC(CC(NN)c2cncc(OC)c2)C1. The predicted octanol–water partition coefficient (Wildman–Crippen LogP) is 1.80. The lowest BCUT2D eigenvalue weighted by molar-refractivity contribution is -0.0291. The van der Waals surface area contributed by atoms with Crippen LogP contribution in [-0.2, 0) is 4.74 Å². The van der Waals surface area contributed by atoms with Crippen molar-refractivity contribution in [1.29, 1.82) is 0 Å². The van der Waals surface area contributed by atoms with Gasteiger partial charge in [-0.05, 0) is 43.7 Å². The lowest BCUT2D eigenvalue weighted by atomic mass is 9.77. The first-order valence-corrected chi connectivity index (χ1v) is 6.83. The van der Waals surface area contributed by atoms with Crippen LogP contribution in [-0.4, -0.2) is 24.8 Å². The van der Waals surface area contributed by atoms with Crippen molar-refractivity contribution in [3.05, 3.63) is 24.0 Å². The molecule has 0 spiro atoms. The molecule has 5 nitrogen and oxygen atoms in total. The fourth-order valence-electron chi connectivity index (χ4n) is 2.61. The summed E-state index contributed by atoms with van der Waals surface area (Å²) in [5.41, 5.74) is 3.95. The summed E-state index contributed by atoms with van der Waals surface area (Å²) < 4.78 is 10.8. The molecule has 1 saturated carbocycles. The lowest BCUT2D eigenvalue weighted by Gasteiger charge is -2.37. The maximum atomic E-state index is 5.67. The Labute approximate surface area is 114 Å². The summed E-state index contributed by atoms with van der Waals surface area (Å²) >= 11 is 0. The van der Waals surface area contributed by atoms with Crippen LogP contribution in [0.2, 0.25) is 0 Å². The lowest BCUT2D eigenvalue weighted by Crippen LogP contribution is -2.36. The predicted molar refractivity (Wildman–Crippen MR) is 73.6 cm³/mol. The molecule has 106 valence electrons. The number of pyridine rings is 1. The van der Waals surface area contributed by atoms with E-state index in [-0.39, 0.29) is 6.04 Å². The van der Waals surface area contributed by atoms with Crippen molar-refractivity contribution in [2.75, 3.05) is 13.7 Å². The molecule has 1 unspecified atom stereocenters. The molecular formula is C14H23N3O2. The molecule has 1 aromatic heterocycles. The number of methoxy groups -OCH3 is 1. The average molecular weight is 265 g/mol. The van der Waals surface area contributed by atoms with Crippen molar-refractivity contribution >= 4 is 0 Å². The maximum Gasteiger partial charge on any atom is 0.137 e. The molecule has 3 N–H and O–H groups in total. The van der Waals surface area contributed by atoms with E-state index in [1.54, 1.807) is 13.3 Å². The first-order chi connectivity index (χ1) is 9.26. The van der Waals surface area contributed by atoms with Crippen LogP contribution in [0.3, 0.4) is 0 Å². The number of hydrazine groups is 1. The Morgan fingerprint density at radius 1 is 1.47 bits per heavy atom. The van der Waals surface area contributed by atoms with E-state index in [2.05, 4.69) is 10.4 Å². The minimum Gasteiger partial charge on any atom is -0.495 e. The molecule has 1 heterocycles. The second kappa shape index (κ2) is 6.84. The first kappa shape index (κ1) is 14.2. The van der Waals surface area contributed by atoms with Gasteiger partial charge in [-0.1, -0.05) is 0 Å². The highest BCUT2D eigenvalue weighted by molar-refractivity contribution is 5.26. The Morgan fingerprint density at radius 2 is 2.26 bits per heavy atom. The molecule has 0 aliphatic heterocycles. The molecule has 1 aromatic rings. The van der Waals surface area contributed by atoms with Gasteiger partial charge < -0.3 is 9.47 Å². The van der Waals surface area contributed by atoms with Crippen molar-refractivity contribution < 1.29 is 9.47 Å². The Balaban J connectivity index is 1.90. The molecular weight excluding hydrogens is 242 g/mol. The van der Waals surface area contributed by atoms with Gasteiger partial charge in [0, 0.05) is 18.8 Å².